The fraction of sp³-hybridized carbons (Fsp3) is 0.391. The van der Waals surface area contributed by atoms with Gasteiger partial charge < -0.3 is 14.4 Å². The molecule has 2 aromatic rings. The van der Waals surface area contributed by atoms with Crippen LogP contribution < -0.4 is 5.32 Å². The molecule has 1 fully saturated rings. The molecule has 0 saturated carbocycles. The van der Waals surface area contributed by atoms with Gasteiger partial charge in [0, 0.05) is 31.5 Å². The first-order valence-corrected chi connectivity index (χ1v) is 9.92. The Balaban J connectivity index is 1.54. The fourth-order valence-corrected chi connectivity index (χ4v) is 3.24. The molecule has 1 aliphatic rings. The quantitative estimate of drug-likeness (QED) is 0.764. The van der Waals surface area contributed by atoms with Gasteiger partial charge >= 0.3 is 12.2 Å². The van der Waals surface area contributed by atoms with Gasteiger partial charge in [0.2, 0.25) is 0 Å². The summed E-state index contributed by atoms with van der Waals surface area (Å²) in [6, 6.07) is 17.5. The Hall–Kier alpha value is -3.02. The molecule has 0 bridgehead atoms. The van der Waals surface area contributed by atoms with Crippen LogP contribution in [0.3, 0.4) is 0 Å². The number of rotatable bonds is 3. The number of likely N-dealkylation sites (tertiary alicyclic amines) is 1. The molecule has 0 atom stereocenters. The molecule has 1 N–H and O–H groups in total. The Labute approximate surface area is 171 Å². The minimum Gasteiger partial charge on any atom is -0.446 e. The first-order valence-electron chi connectivity index (χ1n) is 9.92. The number of benzene rings is 2. The van der Waals surface area contributed by atoms with Crippen molar-refractivity contribution in [2.45, 2.75) is 45.3 Å². The molecule has 6 nitrogen and oxygen atoms in total. The molecule has 0 aliphatic carbocycles. The Kier molecular flexibility index (Phi) is 6.42. The van der Waals surface area contributed by atoms with Crippen molar-refractivity contribution < 1.29 is 19.1 Å². The molecule has 6 heteroatoms. The predicted molar refractivity (Wildman–Crippen MR) is 113 cm³/mol. The van der Waals surface area contributed by atoms with Crippen molar-refractivity contribution in [1.29, 1.82) is 0 Å². The van der Waals surface area contributed by atoms with E-state index in [4.69, 9.17) is 9.47 Å². The van der Waals surface area contributed by atoms with E-state index in [1.54, 1.807) is 4.90 Å². The number of anilines is 1. The van der Waals surface area contributed by atoms with Crippen molar-refractivity contribution in [2.75, 3.05) is 18.4 Å². The minimum absolute atomic E-state index is 0.224. The molecule has 0 unspecified atom stereocenters. The Morgan fingerprint density at radius 2 is 1.59 bits per heavy atom. The highest BCUT2D eigenvalue weighted by atomic mass is 16.6. The average Bonchev–Trinajstić information content (AvgIpc) is 2.68. The number of amides is 2. The van der Waals surface area contributed by atoms with Crippen LogP contribution in [0, 0.1) is 0 Å². The van der Waals surface area contributed by atoms with E-state index < -0.39 is 11.7 Å². The van der Waals surface area contributed by atoms with E-state index in [9.17, 15) is 9.59 Å². The van der Waals surface area contributed by atoms with Crippen molar-refractivity contribution in [3.05, 3.63) is 54.6 Å². The fourth-order valence-electron chi connectivity index (χ4n) is 3.24. The zero-order valence-corrected chi connectivity index (χ0v) is 17.2. The number of carbonyl (C=O) groups is 2. The third-order valence-corrected chi connectivity index (χ3v) is 4.62. The zero-order valence-electron chi connectivity index (χ0n) is 17.2. The van der Waals surface area contributed by atoms with Crippen molar-refractivity contribution in [2.24, 2.45) is 0 Å². The van der Waals surface area contributed by atoms with Gasteiger partial charge in [0.1, 0.15) is 11.7 Å². The summed E-state index contributed by atoms with van der Waals surface area (Å²) in [5.41, 5.74) is 2.14. The minimum atomic E-state index is -0.517. The molecule has 154 valence electrons. The topological polar surface area (TPSA) is 67.9 Å². The normalized spacial score (nSPS) is 14.9. The molecule has 0 radical (unpaired) electrons. The van der Waals surface area contributed by atoms with Gasteiger partial charge in [-0.15, -0.1) is 0 Å². The molecular formula is C23H28N2O4. The van der Waals surface area contributed by atoms with E-state index in [1.807, 2.05) is 75.4 Å². The average molecular weight is 396 g/mol. The largest absolute Gasteiger partial charge is 0.446 e. The highest BCUT2D eigenvalue weighted by molar-refractivity contribution is 5.91. The van der Waals surface area contributed by atoms with Crippen LogP contribution in [-0.2, 0) is 9.47 Å². The van der Waals surface area contributed by atoms with Gasteiger partial charge in [-0.1, -0.05) is 48.5 Å². The van der Waals surface area contributed by atoms with Crippen molar-refractivity contribution >= 4 is 17.9 Å². The lowest BCUT2D eigenvalue weighted by Gasteiger charge is -2.33. The molecule has 2 amide bonds. The number of ether oxygens (including phenoxy) is 2. The maximum atomic E-state index is 12.4. The maximum absolute atomic E-state index is 12.4. The lowest BCUT2D eigenvalue weighted by molar-refractivity contribution is 0.00794. The second-order valence-corrected chi connectivity index (χ2v) is 8.11. The Morgan fingerprint density at radius 1 is 0.966 bits per heavy atom. The standard InChI is InChI=1S/C23H28N2O4/c1-23(2,3)29-22(27)25-15-13-18(14-16-25)28-21(26)24-20-12-8-7-11-19(20)17-9-5-4-6-10-17/h4-12,18H,13-16H2,1-3H3,(H,24,26). The summed E-state index contributed by atoms with van der Waals surface area (Å²) < 4.78 is 11.0. The lowest BCUT2D eigenvalue weighted by Crippen LogP contribution is -2.44. The Bertz CT molecular complexity index is 837. The maximum Gasteiger partial charge on any atom is 0.411 e. The van der Waals surface area contributed by atoms with Gasteiger partial charge in [-0.25, -0.2) is 9.59 Å². The predicted octanol–water partition coefficient (Wildman–Crippen LogP) is 5.30. The summed E-state index contributed by atoms with van der Waals surface area (Å²) in [4.78, 5) is 26.2. The third kappa shape index (κ3) is 5.98. The summed E-state index contributed by atoms with van der Waals surface area (Å²) in [5, 5.41) is 2.85. The second-order valence-electron chi connectivity index (χ2n) is 8.11. The number of para-hydroxylation sites is 1. The van der Waals surface area contributed by atoms with E-state index in [0.717, 1.165) is 11.1 Å². The summed E-state index contributed by atoms with van der Waals surface area (Å²) in [6.07, 6.45) is 0.152. The number of hydrogen-bond acceptors (Lipinski definition) is 4. The number of carbonyl (C=O) groups excluding carboxylic acids is 2. The van der Waals surface area contributed by atoms with Gasteiger partial charge in [-0.3, -0.25) is 5.32 Å². The van der Waals surface area contributed by atoms with Crippen LogP contribution in [0.1, 0.15) is 33.6 Å². The van der Waals surface area contributed by atoms with Crippen molar-refractivity contribution in [3.8, 4) is 11.1 Å². The first kappa shape index (κ1) is 20.7. The monoisotopic (exact) mass is 396 g/mol. The SMILES string of the molecule is CC(C)(C)OC(=O)N1CCC(OC(=O)Nc2ccccc2-c2ccccc2)CC1. The molecule has 1 saturated heterocycles. The van der Waals surface area contributed by atoms with Crippen molar-refractivity contribution in [3.63, 3.8) is 0 Å². The number of piperidine rings is 1. The van der Waals surface area contributed by atoms with Crippen LogP contribution in [-0.4, -0.2) is 41.9 Å². The van der Waals surface area contributed by atoms with Crippen LogP contribution in [0.5, 0.6) is 0 Å². The van der Waals surface area contributed by atoms with E-state index in [1.165, 1.54) is 0 Å². The summed E-state index contributed by atoms with van der Waals surface area (Å²) in [7, 11) is 0. The van der Waals surface area contributed by atoms with Crippen LogP contribution in [0.2, 0.25) is 0 Å². The van der Waals surface area contributed by atoms with Gasteiger partial charge in [0.25, 0.3) is 0 Å². The number of nitrogens with one attached hydrogen (secondary N) is 1. The molecule has 3 rings (SSSR count). The van der Waals surface area contributed by atoms with Gasteiger partial charge in [-0.05, 0) is 32.4 Å². The highest BCUT2D eigenvalue weighted by Gasteiger charge is 2.28. The first-order chi connectivity index (χ1) is 13.8. The zero-order chi connectivity index (χ0) is 20.9. The van der Waals surface area contributed by atoms with Crippen LogP contribution in [0.25, 0.3) is 11.1 Å². The van der Waals surface area contributed by atoms with Crippen LogP contribution in [0.15, 0.2) is 54.6 Å². The van der Waals surface area contributed by atoms with Crippen molar-refractivity contribution in [1.82, 2.24) is 4.90 Å². The highest BCUT2D eigenvalue weighted by Crippen LogP contribution is 2.28. The summed E-state index contributed by atoms with van der Waals surface area (Å²) in [6.45, 7) is 6.55. The van der Waals surface area contributed by atoms with E-state index in [2.05, 4.69) is 5.32 Å². The third-order valence-electron chi connectivity index (χ3n) is 4.62. The van der Waals surface area contributed by atoms with Crippen LogP contribution >= 0.6 is 0 Å². The molecule has 1 heterocycles. The Morgan fingerprint density at radius 3 is 2.24 bits per heavy atom. The smallest absolute Gasteiger partial charge is 0.411 e. The number of hydrogen-bond donors (Lipinski definition) is 1. The molecular weight excluding hydrogens is 368 g/mol. The molecule has 2 aromatic carbocycles. The van der Waals surface area contributed by atoms with Gasteiger partial charge in [0.15, 0.2) is 0 Å². The van der Waals surface area contributed by atoms with Gasteiger partial charge in [0.05, 0.1) is 5.69 Å². The lowest BCUT2D eigenvalue weighted by atomic mass is 10.0. The van der Waals surface area contributed by atoms with E-state index in [-0.39, 0.29) is 12.2 Å². The van der Waals surface area contributed by atoms with Crippen LogP contribution in [0.4, 0.5) is 15.3 Å². The molecule has 1 aliphatic heterocycles. The molecule has 0 spiro atoms. The van der Waals surface area contributed by atoms with E-state index >= 15 is 0 Å². The number of nitrogens with zero attached hydrogens (tertiary/aromatic N) is 1. The summed E-state index contributed by atoms with van der Waals surface area (Å²) in [5.74, 6) is 0. The van der Waals surface area contributed by atoms with E-state index in [0.29, 0.717) is 31.6 Å². The second kappa shape index (κ2) is 8.99. The molecule has 0 aromatic heterocycles. The molecule has 29 heavy (non-hydrogen) atoms. The summed E-state index contributed by atoms with van der Waals surface area (Å²) >= 11 is 0. The van der Waals surface area contributed by atoms with Gasteiger partial charge in [-0.2, -0.15) is 0 Å².